The summed E-state index contributed by atoms with van der Waals surface area (Å²) in [6, 6.07) is 0. The number of hydrogen-bond donors (Lipinski definition) is 1. The van der Waals surface area contributed by atoms with Gasteiger partial charge < -0.3 is 10.1 Å². The molecule has 1 aromatic rings. The van der Waals surface area contributed by atoms with Gasteiger partial charge in [-0.1, -0.05) is 15.9 Å². The molecule has 0 saturated heterocycles. The number of hydrogen-bond acceptors (Lipinski definition) is 5. The van der Waals surface area contributed by atoms with Crippen molar-refractivity contribution in [2.45, 2.75) is 11.8 Å². The molecule has 1 N–H and O–H groups in total. The Morgan fingerprint density at radius 1 is 1.69 bits per heavy atom. The Kier molecular flexibility index (Phi) is 4.88. The Bertz CT molecular complexity index is 394. The first-order valence-corrected chi connectivity index (χ1v) is 6.20. The van der Waals surface area contributed by atoms with Crippen LogP contribution in [-0.2, 0) is 9.53 Å². The highest BCUT2D eigenvalue weighted by Gasteiger charge is 2.17. The van der Waals surface area contributed by atoms with Crippen molar-refractivity contribution in [2.75, 3.05) is 13.7 Å². The molecule has 0 aliphatic rings. The lowest BCUT2D eigenvalue weighted by molar-refractivity contribution is -0.139. The van der Waals surface area contributed by atoms with Crippen molar-refractivity contribution in [1.29, 1.82) is 0 Å². The van der Waals surface area contributed by atoms with Crippen LogP contribution in [0.1, 0.15) is 14.7 Å². The Morgan fingerprint density at radius 2 is 2.38 bits per heavy atom. The molecule has 0 spiro atoms. The van der Waals surface area contributed by atoms with Gasteiger partial charge in [0, 0.05) is 6.54 Å². The smallest absolute Gasteiger partial charge is 0.321 e. The number of thiazole rings is 1. The van der Waals surface area contributed by atoms with Crippen molar-refractivity contribution in [2.24, 2.45) is 0 Å². The average Bonchev–Trinajstić information content (AvgIpc) is 2.71. The van der Waals surface area contributed by atoms with Crippen molar-refractivity contribution in [3.63, 3.8) is 0 Å². The minimum atomic E-state index is -0.532. The molecule has 0 fully saturated rings. The first-order valence-electron chi connectivity index (χ1n) is 4.47. The fourth-order valence-electron chi connectivity index (χ4n) is 0.947. The van der Waals surface area contributed by atoms with Gasteiger partial charge in [0.2, 0.25) is 0 Å². The molecule has 0 radical (unpaired) electrons. The number of rotatable bonds is 4. The standard InChI is InChI=1S/C9H11BrN2O3S/c1-5-11-4-7(16-5)8(13)12-3-6(10)9(14)15-2/h4,6H,3H2,1-2H3,(H,12,13). The molecular weight excluding hydrogens is 296 g/mol. The van der Waals surface area contributed by atoms with Gasteiger partial charge in [-0.15, -0.1) is 11.3 Å². The molecule has 7 heteroatoms. The Hall–Kier alpha value is -0.950. The van der Waals surface area contributed by atoms with Gasteiger partial charge in [-0.25, -0.2) is 4.98 Å². The third-order valence-corrected chi connectivity index (χ3v) is 3.35. The van der Waals surface area contributed by atoms with Gasteiger partial charge in [0.25, 0.3) is 5.91 Å². The summed E-state index contributed by atoms with van der Waals surface area (Å²) in [7, 11) is 1.30. The van der Waals surface area contributed by atoms with Crippen LogP contribution in [0.3, 0.4) is 0 Å². The second-order valence-corrected chi connectivity index (χ2v) is 5.28. The summed E-state index contributed by atoms with van der Waals surface area (Å²) < 4.78 is 4.51. The molecule has 0 aliphatic carbocycles. The molecule has 0 bridgehead atoms. The predicted octanol–water partition coefficient (Wildman–Crippen LogP) is 1.12. The SMILES string of the molecule is COC(=O)C(Br)CNC(=O)c1cnc(C)s1. The highest BCUT2D eigenvalue weighted by Crippen LogP contribution is 2.11. The van der Waals surface area contributed by atoms with Crippen LogP contribution in [0.4, 0.5) is 0 Å². The van der Waals surface area contributed by atoms with E-state index in [-0.39, 0.29) is 12.5 Å². The maximum atomic E-state index is 11.6. The van der Waals surface area contributed by atoms with Crippen molar-refractivity contribution in [3.05, 3.63) is 16.1 Å². The van der Waals surface area contributed by atoms with Crippen LogP contribution in [0.5, 0.6) is 0 Å². The van der Waals surface area contributed by atoms with Crippen LogP contribution in [0.2, 0.25) is 0 Å². The van der Waals surface area contributed by atoms with E-state index in [2.05, 4.69) is 31.0 Å². The summed E-state index contributed by atoms with van der Waals surface area (Å²) in [4.78, 5) is 26.6. The maximum Gasteiger partial charge on any atom is 0.321 e. The van der Waals surface area contributed by atoms with Crippen LogP contribution >= 0.6 is 27.3 Å². The quantitative estimate of drug-likeness (QED) is 0.668. The number of halogens is 1. The third kappa shape index (κ3) is 3.57. The molecule has 0 aromatic carbocycles. The van der Waals surface area contributed by atoms with Crippen molar-refractivity contribution in [1.82, 2.24) is 10.3 Å². The van der Waals surface area contributed by atoms with Crippen molar-refractivity contribution in [3.8, 4) is 0 Å². The molecule has 1 atom stereocenters. The number of ether oxygens (including phenoxy) is 1. The summed E-state index contributed by atoms with van der Waals surface area (Å²) in [5, 5.41) is 3.44. The van der Waals surface area contributed by atoms with E-state index < -0.39 is 10.8 Å². The minimum Gasteiger partial charge on any atom is -0.468 e. The third-order valence-electron chi connectivity index (χ3n) is 1.74. The zero-order valence-electron chi connectivity index (χ0n) is 8.82. The summed E-state index contributed by atoms with van der Waals surface area (Å²) in [6.45, 7) is 2.01. The Balaban J connectivity index is 2.44. The van der Waals surface area contributed by atoms with Crippen LogP contribution in [0.15, 0.2) is 6.20 Å². The highest BCUT2D eigenvalue weighted by atomic mass is 79.9. The second kappa shape index (κ2) is 5.95. The summed E-state index contributed by atoms with van der Waals surface area (Å²) in [5.74, 6) is -0.653. The number of nitrogens with zero attached hydrogens (tertiary/aromatic N) is 1. The molecule has 1 rings (SSSR count). The van der Waals surface area contributed by atoms with E-state index in [1.165, 1.54) is 24.6 Å². The lowest BCUT2D eigenvalue weighted by Crippen LogP contribution is -2.33. The number of carbonyl (C=O) groups is 2. The molecule has 1 amide bonds. The second-order valence-electron chi connectivity index (χ2n) is 2.94. The van der Waals surface area contributed by atoms with Crippen molar-refractivity contribution >= 4 is 39.1 Å². The molecule has 1 aromatic heterocycles. The van der Waals surface area contributed by atoms with Crippen LogP contribution in [0, 0.1) is 6.92 Å². The minimum absolute atomic E-state index is 0.183. The summed E-state index contributed by atoms with van der Waals surface area (Å²) in [6.07, 6.45) is 1.51. The molecular formula is C9H11BrN2O3S. The molecule has 5 nitrogen and oxygen atoms in total. The number of amides is 1. The molecule has 1 unspecified atom stereocenters. The Morgan fingerprint density at radius 3 is 2.88 bits per heavy atom. The lowest BCUT2D eigenvalue weighted by atomic mass is 10.4. The average molecular weight is 307 g/mol. The topological polar surface area (TPSA) is 68.3 Å². The number of esters is 1. The van der Waals surface area contributed by atoms with Gasteiger partial charge in [-0.3, -0.25) is 9.59 Å². The van der Waals surface area contributed by atoms with E-state index in [1.54, 1.807) is 0 Å². The van der Waals surface area contributed by atoms with E-state index in [0.29, 0.717) is 4.88 Å². The number of nitrogens with one attached hydrogen (secondary N) is 1. The number of carbonyl (C=O) groups excluding carboxylic acids is 2. The van der Waals surface area contributed by atoms with Crippen molar-refractivity contribution < 1.29 is 14.3 Å². The maximum absolute atomic E-state index is 11.6. The van der Waals surface area contributed by atoms with Crippen LogP contribution in [0.25, 0.3) is 0 Å². The lowest BCUT2D eigenvalue weighted by Gasteiger charge is -2.07. The van der Waals surface area contributed by atoms with E-state index >= 15 is 0 Å². The molecule has 16 heavy (non-hydrogen) atoms. The van der Waals surface area contributed by atoms with Gasteiger partial charge >= 0.3 is 5.97 Å². The van der Waals surface area contributed by atoms with Gasteiger partial charge in [-0.2, -0.15) is 0 Å². The Labute approximate surface area is 105 Å². The van der Waals surface area contributed by atoms with E-state index in [1.807, 2.05) is 6.92 Å². The fourth-order valence-corrected chi connectivity index (χ4v) is 1.99. The predicted molar refractivity (Wildman–Crippen MR) is 63.9 cm³/mol. The number of aryl methyl sites for hydroxylation is 1. The largest absolute Gasteiger partial charge is 0.468 e. The van der Waals surface area contributed by atoms with E-state index in [0.717, 1.165) is 5.01 Å². The molecule has 1 heterocycles. The van der Waals surface area contributed by atoms with E-state index in [9.17, 15) is 9.59 Å². The highest BCUT2D eigenvalue weighted by molar-refractivity contribution is 9.10. The summed E-state index contributed by atoms with van der Waals surface area (Å²) >= 11 is 4.42. The zero-order chi connectivity index (χ0) is 12.1. The van der Waals surface area contributed by atoms with Gasteiger partial charge in [0.1, 0.15) is 9.70 Å². The van der Waals surface area contributed by atoms with Gasteiger partial charge in [0.15, 0.2) is 0 Å². The monoisotopic (exact) mass is 306 g/mol. The number of aromatic nitrogens is 1. The van der Waals surface area contributed by atoms with Crippen LogP contribution < -0.4 is 5.32 Å². The fraction of sp³-hybridized carbons (Fsp3) is 0.444. The summed E-state index contributed by atoms with van der Waals surface area (Å²) in [5.41, 5.74) is 0. The first-order chi connectivity index (χ1) is 7.54. The molecule has 88 valence electrons. The van der Waals surface area contributed by atoms with Gasteiger partial charge in [-0.05, 0) is 6.92 Å². The number of alkyl halides is 1. The number of methoxy groups -OCH3 is 1. The molecule has 0 saturated carbocycles. The first kappa shape index (κ1) is 13.1. The normalized spacial score (nSPS) is 11.9. The van der Waals surface area contributed by atoms with Gasteiger partial charge in [0.05, 0.1) is 18.3 Å². The zero-order valence-corrected chi connectivity index (χ0v) is 11.2. The molecule has 0 aliphatic heterocycles. The van der Waals surface area contributed by atoms with E-state index in [4.69, 9.17) is 0 Å². The van der Waals surface area contributed by atoms with Crippen LogP contribution in [-0.4, -0.2) is 35.3 Å².